The van der Waals surface area contributed by atoms with Gasteiger partial charge < -0.3 is 14.5 Å². The number of fused-ring (bicyclic) bond motifs is 1. The second-order valence-electron chi connectivity index (χ2n) is 5.10. The average Bonchev–Trinajstić information content (AvgIpc) is 2.88. The zero-order valence-electron chi connectivity index (χ0n) is 13.4. The fraction of sp³-hybridized carbons (Fsp3) is 0.438. The maximum absolute atomic E-state index is 12.1. The molecule has 0 fully saturated rings. The van der Waals surface area contributed by atoms with Crippen molar-refractivity contribution in [2.24, 2.45) is 5.10 Å². The van der Waals surface area contributed by atoms with Crippen molar-refractivity contribution in [1.29, 1.82) is 0 Å². The van der Waals surface area contributed by atoms with E-state index in [0.717, 1.165) is 29.7 Å². The van der Waals surface area contributed by atoms with E-state index in [9.17, 15) is 9.59 Å². The van der Waals surface area contributed by atoms with Crippen LogP contribution in [0.4, 0.5) is 4.79 Å². The van der Waals surface area contributed by atoms with Crippen molar-refractivity contribution >= 4 is 17.7 Å². The lowest BCUT2D eigenvalue weighted by molar-refractivity contribution is 0.0927. The third kappa shape index (κ3) is 3.80. The Kier molecular flexibility index (Phi) is 5.56. The largest absolute Gasteiger partial charge is 0.455 e. The molecule has 0 saturated heterocycles. The summed E-state index contributed by atoms with van der Waals surface area (Å²) in [4.78, 5) is 23.5. The van der Waals surface area contributed by atoms with Gasteiger partial charge in [0.05, 0.1) is 12.3 Å². The summed E-state index contributed by atoms with van der Waals surface area (Å²) >= 11 is 0. The van der Waals surface area contributed by atoms with Crippen LogP contribution < -0.4 is 10.7 Å². The summed E-state index contributed by atoms with van der Waals surface area (Å²) in [7, 11) is 0. The number of carbonyl (C=O) groups excluding carboxylic acids is 2. The molecule has 7 nitrogen and oxygen atoms in total. The van der Waals surface area contributed by atoms with Crippen molar-refractivity contribution in [2.45, 2.75) is 33.1 Å². The molecule has 0 spiro atoms. The number of nitrogens with one attached hydrogen (secondary N) is 2. The molecule has 0 unspecified atom stereocenters. The predicted octanol–water partition coefficient (Wildman–Crippen LogP) is 2.29. The molecule has 1 aromatic rings. The lowest BCUT2D eigenvalue weighted by atomic mass is 9.93. The van der Waals surface area contributed by atoms with Crippen LogP contribution in [0.3, 0.4) is 0 Å². The highest BCUT2D eigenvalue weighted by Crippen LogP contribution is 2.29. The zero-order valence-corrected chi connectivity index (χ0v) is 13.4. The summed E-state index contributed by atoms with van der Waals surface area (Å²) in [5.41, 5.74) is 4.59. The highest BCUT2D eigenvalue weighted by Gasteiger charge is 2.27. The number of amides is 2. The summed E-state index contributed by atoms with van der Waals surface area (Å²) in [5.74, 6) is 0.721. The number of hydrazone groups is 1. The van der Waals surface area contributed by atoms with E-state index >= 15 is 0 Å². The summed E-state index contributed by atoms with van der Waals surface area (Å²) in [6.07, 6.45) is 3.29. The molecule has 2 amide bonds. The van der Waals surface area contributed by atoms with E-state index < -0.39 is 6.09 Å². The van der Waals surface area contributed by atoms with Gasteiger partial charge in [0.1, 0.15) is 5.76 Å². The molecule has 0 bridgehead atoms. The van der Waals surface area contributed by atoms with Crippen molar-refractivity contribution in [2.75, 3.05) is 13.2 Å². The molecule has 0 atom stereocenters. The van der Waals surface area contributed by atoms with Crippen LogP contribution in [0, 0.1) is 6.92 Å². The molecule has 0 aromatic carbocycles. The first kappa shape index (κ1) is 16.8. The highest BCUT2D eigenvalue weighted by atomic mass is 16.5. The molecular weight excluding hydrogens is 298 g/mol. The van der Waals surface area contributed by atoms with Crippen molar-refractivity contribution in [1.82, 2.24) is 10.7 Å². The Morgan fingerprint density at radius 3 is 2.91 bits per heavy atom. The molecule has 1 heterocycles. The van der Waals surface area contributed by atoms with Gasteiger partial charge in [-0.3, -0.25) is 4.79 Å². The second kappa shape index (κ2) is 7.62. The molecule has 0 saturated carbocycles. The number of rotatable bonds is 5. The fourth-order valence-electron chi connectivity index (χ4n) is 2.52. The fourth-order valence-corrected chi connectivity index (χ4v) is 2.52. The van der Waals surface area contributed by atoms with Gasteiger partial charge in [-0.15, -0.1) is 6.58 Å². The third-order valence-corrected chi connectivity index (χ3v) is 3.50. The Hall–Kier alpha value is -2.57. The number of aryl methyl sites for hydroxylation is 1. The normalized spacial score (nSPS) is 15.0. The first-order valence-corrected chi connectivity index (χ1v) is 7.59. The van der Waals surface area contributed by atoms with Crippen molar-refractivity contribution in [3.8, 4) is 0 Å². The van der Waals surface area contributed by atoms with Gasteiger partial charge in [-0.1, -0.05) is 6.08 Å². The van der Waals surface area contributed by atoms with Crippen LogP contribution in [0.25, 0.3) is 0 Å². The Morgan fingerprint density at radius 2 is 2.22 bits per heavy atom. The van der Waals surface area contributed by atoms with Crippen LogP contribution in [0.15, 0.2) is 22.2 Å². The SMILES string of the molecule is C=CCNC(=O)c1oc2c(c1C)/C(=N/NC(=O)OCC)CCC2. The minimum Gasteiger partial charge on any atom is -0.455 e. The minimum absolute atomic E-state index is 0.278. The van der Waals surface area contributed by atoms with Gasteiger partial charge >= 0.3 is 6.09 Å². The van der Waals surface area contributed by atoms with E-state index in [1.54, 1.807) is 13.0 Å². The van der Waals surface area contributed by atoms with Gasteiger partial charge in [0.25, 0.3) is 5.91 Å². The molecule has 124 valence electrons. The first-order valence-electron chi connectivity index (χ1n) is 7.59. The first-order chi connectivity index (χ1) is 11.1. The number of furan rings is 1. The molecule has 0 aliphatic heterocycles. The molecule has 2 N–H and O–H groups in total. The molecule has 23 heavy (non-hydrogen) atoms. The molecule has 1 aliphatic carbocycles. The van der Waals surface area contributed by atoms with Gasteiger partial charge in [-0.25, -0.2) is 10.2 Å². The number of ether oxygens (including phenoxy) is 1. The number of hydrogen-bond acceptors (Lipinski definition) is 5. The standard InChI is InChI=1S/C16H21N3O4/c1-4-9-17-15(20)14-10(3)13-11(7-6-8-12(13)23-14)18-19-16(21)22-5-2/h4H,1,5-9H2,2-3H3,(H,17,20)(H,19,21)/b18-11+. The van der Waals surface area contributed by atoms with Crippen molar-refractivity contribution in [3.05, 3.63) is 35.3 Å². The van der Waals surface area contributed by atoms with E-state index in [1.807, 2.05) is 6.92 Å². The Labute approximate surface area is 134 Å². The van der Waals surface area contributed by atoms with Gasteiger partial charge in [0.15, 0.2) is 5.76 Å². The van der Waals surface area contributed by atoms with E-state index in [4.69, 9.17) is 9.15 Å². The van der Waals surface area contributed by atoms with Crippen LogP contribution >= 0.6 is 0 Å². The van der Waals surface area contributed by atoms with E-state index in [-0.39, 0.29) is 18.3 Å². The van der Waals surface area contributed by atoms with Gasteiger partial charge in [-0.2, -0.15) is 5.10 Å². The van der Waals surface area contributed by atoms with Crippen molar-refractivity contribution in [3.63, 3.8) is 0 Å². The maximum Gasteiger partial charge on any atom is 0.427 e. The minimum atomic E-state index is -0.600. The average molecular weight is 319 g/mol. The van der Waals surface area contributed by atoms with Crippen LogP contribution in [0.2, 0.25) is 0 Å². The van der Waals surface area contributed by atoms with Gasteiger partial charge in [0.2, 0.25) is 0 Å². The van der Waals surface area contributed by atoms with Crippen LogP contribution in [0.5, 0.6) is 0 Å². The highest BCUT2D eigenvalue weighted by molar-refractivity contribution is 6.06. The summed E-state index contributed by atoms with van der Waals surface area (Å²) in [5, 5.41) is 6.82. The Morgan fingerprint density at radius 1 is 1.43 bits per heavy atom. The molecular formula is C16H21N3O4. The smallest absolute Gasteiger partial charge is 0.427 e. The monoisotopic (exact) mass is 319 g/mol. The molecule has 2 rings (SSSR count). The molecule has 1 aliphatic rings. The number of carbonyl (C=O) groups is 2. The maximum atomic E-state index is 12.1. The Bertz CT molecular complexity index is 646. The van der Waals surface area contributed by atoms with Gasteiger partial charge in [0, 0.05) is 24.1 Å². The Balaban J connectivity index is 2.25. The molecule has 7 heteroatoms. The molecule has 1 aromatic heterocycles. The van der Waals surface area contributed by atoms with E-state index in [0.29, 0.717) is 18.7 Å². The summed E-state index contributed by atoms with van der Waals surface area (Å²) < 4.78 is 10.5. The summed E-state index contributed by atoms with van der Waals surface area (Å²) in [6, 6.07) is 0. The quantitative estimate of drug-likeness (QED) is 0.643. The number of hydrogen-bond donors (Lipinski definition) is 2. The zero-order chi connectivity index (χ0) is 16.8. The lowest BCUT2D eigenvalue weighted by Crippen LogP contribution is -2.24. The van der Waals surface area contributed by atoms with Crippen LogP contribution in [-0.4, -0.2) is 30.9 Å². The van der Waals surface area contributed by atoms with Crippen molar-refractivity contribution < 1.29 is 18.7 Å². The van der Waals surface area contributed by atoms with Crippen LogP contribution in [0.1, 0.15) is 47.2 Å². The second-order valence-corrected chi connectivity index (χ2v) is 5.10. The summed E-state index contributed by atoms with van der Waals surface area (Å²) in [6.45, 7) is 7.75. The van der Waals surface area contributed by atoms with E-state index in [1.165, 1.54) is 0 Å². The van der Waals surface area contributed by atoms with E-state index in [2.05, 4.69) is 22.4 Å². The lowest BCUT2D eigenvalue weighted by Gasteiger charge is -2.13. The third-order valence-electron chi connectivity index (χ3n) is 3.50. The van der Waals surface area contributed by atoms with Gasteiger partial charge in [-0.05, 0) is 26.7 Å². The predicted molar refractivity (Wildman–Crippen MR) is 85.6 cm³/mol. The molecule has 0 radical (unpaired) electrons. The van der Waals surface area contributed by atoms with Crippen LogP contribution in [-0.2, 0) is 11.2 Å². The topological polar surface area (TPSA) is 92.9 Å². The number of nitrogens with zero attached hydrogens (tertiary/aromatic N) is 1.